The lowest BCUT2D eigenvalue weighted by molar-refractivity contribution is -0.0328. The molecule has 3 rings (SSSR count). The molecule has 1 fully saturated rings. The largest absolute Gasteiger partial charge is 0.446 e. The Morgan fingerprint density at radius 3 is 2.43 bits per heavy atom. The van der Waals surface area contributed by atoms with E-state index in [1.807, 2.05) is 0 Å². The van der Waals surface area contributed by atoms with Crippen LogP contribution in [0.1, 0.15) is 24.5 Å². The highest BCUT2D eigenvalue weighted by Crippen LogP contribution is 2.39. The molecular formula is C14H11F3N2OS. The zero-order valence-electron chi connectivity index (χ0n) is 10.8. The van der Waals surface area contributed by atoms with Crippen molar-refractivity contribution in [1.82, 2.24) is 9.97 Å². The van der Waals surface area contributed by atoms with Crippen molar-refractivity contribution in [2.75, 3.05) is 0 Å². The van der Waals surface area contributed by atoms with Crippen LogP contribution in [0.2, 0.25) is 0 Å². The Balaban J connectivity index is 1.88. The maximum absolute atomic E-state index is 12.3. The summed E-state index contributed by atoms with van der Waals surface area (Å²) in [5.41, 5.74) is -3.20. The van der Waals surface area contributed by atoms with Crippen LogP contribution in [0.4, 0.5) is 13.2 Å². The topological polar surface area (TPSA) is 45.8 Å². The summed E-state index contributed by atoms with van der Waals surface area (Å²) in [6, 6.07) is 7.29. The summed E-state index contributed by atoms with van der Waals surface area (Å²) in [6.07, 6.45) is 2.05. The first-order valence-electron chi connectivity index (χ1n) is 6.38. The van der Waals surface area contributed by atoms with Gasteiger partial charge in [0.1, 0.15) is 5.82 Å². The van der Waals surface area contributed by atoms with Crippen LogP contribution in [-0.4, -0.2) is 15.5 Å². The van der Waals surface area contributed by atoms with Gasteiger partial charge in [-0.15, -0.1) is 0 Å². The maximum atomic E-state index is 12.3. The van der Waals surface area contributed by atoms with Gasteiger partial charge >= 0.3 is 5.51 Å². The Bertz CT molecular complexity index is 705. The number of H-pyrrole nitrogens is 1. The molecule has 1 heterocycles. The van der Waals surface area contributed by atoms with E-state index in [-0.39, 0.29) is 22.2 Å². The average molecular weight is 312 g/mol. The molecule has 0 radical (unpaired) electrons. The van der Waals surface area contributed by atoms with Crippen LogP contribution < -0.4 is 5.56 Å². The normalized spacial score (nSPS) is 15.2. The van der Waals surface area contributed by atoms with Crippen LogP contribution in [0.15, 0.2) is 40.0 Å². The van der Waals surface area contributed by atoms with Crippen molar-refractivity contribution in [1.29, 1.82) is 0 Å². The van der Waals surface area contributed by atoms with Gasteiger partial charge in [-0.05, 0) is 36.7 Å². The number of rotatable bonds is 3. The molecule has 2 aromatic rings. The molecule has 0 atom stereocenters. The summed E-state index contributed by atoms with van der Waals surface area (Å²) in [7, 11) is 0. The number of benzene rings is 1. The molecule has 0 aliphatic heterocycles. The van der Waals surface area contributed by atoms with Crippen molar-refractivity contribution in [3.8, 4) is 11.4 Å². The van der Waals surface area contributed by atoms with E-state index in [4.69, 9.17) is 0 Å². The van der Waals surface area contributed by atoms with Crippen LogP contribution in [0.5, 0.6) is 0 Å². The molecule has 0 bridgehead atoms. The smallest absolute Gasteiger partial charge is 0.307 e. The second kappa shape index (κ2) is 5.22. The van der Waals surface area contributed by atoms with E-state index in [2.05, 4.69) is 9.97 Å². The van der Waals surface area contributed by atoms with Gasteiger partial charge in [0.15, 0.2) is 0 Å². The monoisotopic (exact) mass is 312 g/mol. The molecule has 1 aliphatic rings. The lowest BCUT2D eigenvalue weighted by atomic mass is 10.2. The van der Waals surface area contributed by atoms with Gasteiger partial charge < -0.3 is 4.98 Å². The van der Waals surface area contributed by atoms with Crippen molar-refractivity contribution < 1.29 is 13.2 Å². The zero-order valence-corrected chi connectivity index (χ0v) is 11.6. The molecule has 1 N–H and O–H groups in total. The van der Waals surface area contributed by atoms with Gasteiger partial charge in [0.25, 0.3) is 5.56 Å². The van der Waals surface area contributed by atoms with Crippen LogP contribution >= 0.6 is 11.8 Å². The third-order valence-corrected chi connectivity index (χ3v) is 3.86. The van der Waals surface area contributed by atoms with Crippen molar-refractivity contribution in [3.63, 3.8) is 0 Å². The molecule has 21 heavy (non-hydrogen) atoms. The molecule has 1 aliphatic carbocycles. The van der Waals surface area contributed by atoms with Crippen molar-refractivity contribution in [2.45, 2.75) is 29.2 Å². The number of thioether (sulfide) groups is 1. The Morgan fingerprint density at radius 2 is 1.86 bits per heavy atom. The Morgan fingerprint density at radius 1 is 1.19 bits per heavy atom. The minimum atomic E-state index is -4.31. The number of aromatic nitrogens is 2. The maximum Gasteiger partial charge on any atom is 0.446 e. The third kappa shape index (κ3) is 3.66. The van der Waals surface area contributed by atoms with Crippen molar-refractivity contribution in [3.05, 3.63) is 46.4 Å². The molecule has 0 unspecified atom stereocenters. The highest BCUT2D eigenvalue weighted by molar-refractivity contribution is 8.00. The van der Waals surface area contributed by atoms with Gasteiger partial charge in [-0.1, -0.05) is 12.1 Å². The highest BCUT2D eigenvalue weighted by atomic mass is 32.2. The predicted molar refractivity (Wildman–Crippen MR) is 74.2 cm³/mol. The molecular weight excluding hydrogens is 301 g/mol. The average Bonchev–Trinajstić information content (AvgIpc) is 3.21. The first-order chi connectivity index (χ1) is 9.90. The first-order valence-corrected chi connectivity index (χ1v) is 7.20. The summed E-state index contributed by atoms with van der Waals surface area (Å²) in [4.78, 5) is 18.7. The third-order valence-electron chi connectivity index (χ3n) is 3.12. The molecule has 0 spiro atoms. The lowest BCUT2D eigenvalue weighted by Crippen LogP contribution is -2.09. The predicted octanol–water partition coefficient (Wildman–Crippen LogP) is 3.93. The fraction of sp³-hybridized carbons (Fsp3) is 0.286. The van der Waals surface area contributed by atoms with Crippen LogP contribution in [0.25, 0.3) is 11.4 Å². The standard InChI is InChI=1S/C14H11F3N2OS/c15-14(16,17)21-10-5-3-9(4-6-10)13-18-11(8-1-2-8)7-12(20)19-13/h3-8H,1-2H2,(H,18,19,20). The van der Waals surface area contributed by atoms with E-state index in [1.54, 1.807) is 0 Å². The fourth-order valence-electron chi connectivity index (χ4n) is 2.02. The van der Waals surface area contributed by atoms with Crippen molar-refractivity contribution >= 4 is 11.8 Å². The molecule has 1 aromatic heterocycles. The van der Waals surface area contributed by atoms with E-state index in [0.29, 0.717) is 17.3 Å². The summed E-state index contributed by atoms with van der Waals surface area (Å²) < 4.78 is 36.8. The second-order valence-electron chi connectivity index (χ2n) is 4.87. The van der Waals surface area contributed by atoms with Gasteiger partial charge in [0.05, 0.1) is 5.69 Å². The highest BCUT2D eigenvalue weighted by Gasteiger charge is 2.29. The first kappa shape index (κ1) is 14.2. The molecule has 3 nitrogen and oxygen atoms in total. The number of nitrogens with zero attached hydrogens (tertiary/aromatic N) is 1. The SMILES string of the molecule is O=c1cc(C2CC2)nc(-c2ccc(SC(F)(F)F)cc2)[nH]1. The minimum absolute atomic E-state index is 0.104. The Labute approximate surface area is 122 Å². The fourth-order valence-corrected chi connectivity index (χ4v) is 2.56. The van der Waals surface area contributed by atoms with E-state index in [0.717, 1.165) is 18.5 Å². The number of hydrogen-bond donors (Lipinski definition) is 1. The van der Waals surface area contributed by atoms with Crippen LogP contribution in [-0.2, 0) is 0 Å². The van der Waals surface area contributed by atoms with Gasteiger partial charge in [-0.3, -0.25) is 4.79 Å². The zero-order chi connectivity index (χ0) is 15.0. The summed E-state index contributed by atoms with van der Waals surface area (Å²) >= 11 is -0.167. The second-order valence-corrected chi connectivity index (χ2v) is 6.00. The molecule has 0 saturated heterocycles. The lowest BCUT2D eigenvalue weighted by Gasteiger charge is -2.07. The number of aromatic amines is 1. The van der Waals surface area contributed by atoms with E-state index in [9.17, 15) is 18.0 Å². The van der Waals surface area contributed by atoms with Gasteiger partial charge in [-0.2, -0.15) is 13.2 Å². The molecule has 7 heteroatoms. The molecule has 0 amide bonds. The molecule has 110 valence electrons. The van der Waals surface area contributed by atoms with Crippen LogP contribution in [0, 0.1) is 0 Å². The Kier molecular flexibility index (Phi) is 3.52. The molecule has 1 saturated carbocycles. The van der Waals surface area contributed by atoms with Gasteiger partial charge in [0.2, 0.25) is 0 Å². The number of halogens is 3. The van der Waals surface area contributed by atoms with Gasteiger partial charge in [0, 0.05) is 22.4 Å². The minimum Gasteiger partial charge on any atom is -0.307 e. The number of alkyl halides is 3. The van der Waals surface area contributed by atoms with E-state index < -0.39 is 5.51 Å². The quantitative estimate of drug-likeness (QED) is 0.874. The molecule has 1 aromatic carbocycles. The van der Waals surface area contributed by atoms with Crippen LogP contribution in [0.3, 0.4) is 0 Å². The Hall–Kier alpha value is -1.76. The van der Waals surface area contributed by atoms with Crippen molar-refractivity contribution in [2.24, 2.45) is 0 Å². The summed E-state index contributed by atoms with van der Waals surface area (Å²) in [5.74, 6) is 0.735. The number of nitrogens with one attached hydrogen (secondary N) is 1. The van der Waals surface area contributed by atoms with E-state index in [1.165, 1.54) is 30.3 Å². The summed E-state index contributed by atoms with van der Waals surface area (Å²) in [6.45, 7) is 0. The van der Waals surface area contributed by atoms with E-state index >= 15 is 0 Å². The van der Waals surface area contributed by atoms with Gasteiger partial charge in [-0.25, -0.2) is 4.98 Å². The summed E-state index contributed by atoms with van der Waals surface area (Å²) in [5, 5.41) is 0. The number of hydrogen-bond acceptors (Lipinski definition) is 3.